The van der Waals surface area contributed by atoms with Gasteiger partial charge in [-0.3, -0.25) is 0 Å². The number of carbonyl (C=O) groups is 1. The maximum Gasteiger partial charge on any atom is 0.410 e. The molecule has 1 aromatic rings. The van der Waals surface area contributed by atoms with Crippen LogP contribution in [-0.2, 0) is 4.74 Å². The smallest absolute Gasteiger partial charge is 0.410 e. The zero-order valence-electron chi connectivity index (χ0n) is 13.3. The second-order valence-electron chi connectivity index (χ2n) is 6.43. The summed E-state index contributed by atoms with van der Waals surface area (Å²) in [6.07, 6.45) is 1.24. The predicted molar refractivity (Wildman–Crippen MR) is 86.5 cm³/mol. The van der Waals surface area contributed by atoms with Crippen LogP contribution in [0.5, 0.6) is 0 Å². The summed E-state index contributed by atoms with van der Waals surface area (Å²) in [7, 11) is 0. The van der Waals surface area contributed by atoms with E-state index in [9.17, 15) is 9.18 Å². The molecule has 0 radical (unpaired) electrons. The third kappa shape index (κ3) is 4.09. The van der Waals surface area contributed by atoms with E-state index in [0.717, 1.165) is 0 Å². The van der Waals surface area contributed by atoms with Gasteiger partial charge in [0, 0.05) is 36.3 Å². The van der Waals surface area contributed by atoms with Gasteiger partial charge >= 0.3 is 6.09 Å². The molecule has 0 spiro atoms. The van der Waals surface area contributed by atoms with E-state index in [-0.39, 0.29) is 18.0 Å². The Bertz CT molecular complexity index is 562. The second kappa shape index (κ2) is 6.40. The number of hydrogen-bond donors (Lipinski definition) is 0. The van der Waals surface area contributed by atoms with Crippen molar-refractivity contribution in [2.75, 3.05) is 24.5 Å². The lowest BCUT2D eigenvalue weighted by molar-refractivity contribution is 0.0158. The van der Waals surface area contributed by atoms with E-state index in [4.69, 9.17) is 4.74 Å². The SMILES string of the molecule is C[C@H]1CN(c2ncc(Br)cc2F)CCN1C(=O)OC(C)(C)C. The van der Waals surface area contributed by atoms with Crippen molar-refractivity contribution in [2.45, 2.75) is 39.3 Å². The van der Waals surface area contributed by atoms with Gasteiger partial charge in [-0.25, -0.2) is 14.2 Å². The Morgan fingerprint density at radius 3 is 2.68 bits per heavy atom. The first-order valence-corrected chi connectivity index (χ1v) is 8.02. The predicted octanol–water partition coefficient (Wildman–Crippen LogP) is 3.43. The minimum Gasteiger partial charge on any atom is -0.444 e. The highest BCUT2D eigenvalue weighted by Crippen LogP contribution is 2.23. The fraction of sp³-hybridized carbons (Fsp3) is 0.600. The van der Waals surface area contributed by atoms with Crippen molar-refractivity contribution in [3.05, 3.63) is 22.6 Å². The van der Waals surface area contributed by atoms with E-state index < -0.39 is 5.60 Å². The number of hydrogen-bond acceptors (Lipinski definition) is 4. The van der Waals surface area contributed by atoms with Gasteiger partial charge in [-0.15, -0.1) is 0 Å². The summed E-state index contributed by atoms with van der Waals surface area (Å²) in [6, 6.07) is 1.32. The molecule has 0 bridgehead atoms. The minimum absolute atomic E-state index is 0.0755. The summed E-state index contributed by atoms with van der Waals surface area (Å²) < 4.78 is 20.0. The Labute approximate surface area is 138 Å². The molecule has 0 aliphatic carbocycles. The van der Waals surface area contributed by atoms with Gasteiger partial charge in [0.25, 0.3) is 0 Å². The molecule has 2 rings (SSSR count). The molecular formula is C15H21BrFN3O2. The van der Waals surface area contributed by atoms with Crippen LogP contribution in [0.2, 0.25) is 0 Å². The van der Waals surface area contributed by atoms with E-state index >= 15 is 0 Å². The number of carbonyl (C=O) groups excluding carboxylic acids is 1. The summed E-state index contributed by atoms with van der Waals surface area (Å²) >= 11 is 3.20. The van der Waals surface area contributed by atoms with Crippen molar-refractivity contribution in [3.63, 3.8) is 0 Å². The molecule has 1 aliphatic rings. The highest BCUT2D eigenvalue weighted by Gasteiger charge is 2.32. The Morgan fingerprint density at radius 1 is 1.45 bits per heavy atom. The van der Waals surface area contributed by atoms with Gasteiger partial charge in [0.1, 0.15) is 5.60 Å². The molecule has 1 saturated heterocycles. The molecule has 0 aromatic carbocycles. The van der Waals surface area contributed by atoms with E-state index in [0.29, 0.717) is 29.9 Å². The van der Waals surface area contributed by atoms with E-state index in [2.05, 4.69) is 20.9 Å². The van der Waals surface area contributed by atoms with Crippen molar-refractivity contribution in [3.8, 4) is 0 Å². The van der Waals surface area contributed by atoms with Crippen LogP contribution in [0.3, 0.4) is 0 Å². The summed E-state index contributed by atoms with van der Waals surface area (Å²) in [6.45, 7) is 8.97. The van der Waals surface area contributed by atoms with Crippen LogP contribution in [0.1, 0.15) is 27.7 Å². The van der Waals surface area contributed by atoms with Crippen LogP contribution in [0, 0.1) is 5.82 Å². The summed E-state index contributed by atoms with van der Waals surface area (Å²) in [5, 5.41) is 0. The third-order valence-corrected chi connectivity index (χ3v) is 3.78. The average molecular weight is 374 g/mol. The maximum atomic E-state index is 14.0. The van der Waals surface area contributed by atoms with Gasteiger partial charge in [0.2, 0.25) is 0 Å². The largest absolute Gasteiger partial charge is 0.444 e. The van der Waals surface area contributed by atoms with E-state index in [1.807, 2.05) is 32.6 Å². The maximum absolute atomic E-state index is 14.0. The van der Waals surface area contributed by atoms with Crippen molar-refractivity contribution < 1.29 is 13.9 Å². The van der Waals surface area contributed by atoms with Crippen molar-refractivity contribution in [1.82, 2.24) is 9.88 Å². The lowest BCUT2D eigenvalue weighted by Gasteiger charge is -2.40. The normalized spacial score (nSPS) is 19.3. The van der Waals surface area contributed by atoms with Crippen LogP contribution >= 0.6 is 15.9 Å². The molecule has 22 heavy (non-hydrogen) atoms. The first-order valence-electron chi connectivity index (χ1n) is 7.23. The lowest BCUT2D eigenvalue weighted by Crippen LogP contribution is -2.55. The topological polar surface area (TPSA) is 45.7 Å². The van der Waals surface area contributed by atoms with E-state index in [1.165, 1.54) is 6.07 Å². The molecule has 1 fully saturated rings. The summed E-state index contributed by atoms with van der Waals surface area (Å²) in [5.41, 5.74) is -0.521. The Kier molecular flexibility index (Phi) is 4.94. The fourth-order valence-corrected chi connectivity index (χ4v) is 2.69. The standard InChI is InChI=1S/C15H21BrFN3O2/c1-10-9-19(13-12(17)7-11(16)8-18-13)5-6-20(10)14(21)22-15(2,3)4/h7-8,10H,5-6,9H2,1-4H3/t10-/m0/s1. The molecule has 5 nitrogen and oxygen atoms in total. The van der Waals surface area contributed by atoms with Crippen LogP contribution in [0.25, 0.3) is 0 Å². The van der Waals surface area contributed by atoms with Crippen LogP contribution in [0.4, 0.5) is 15.0 Å². The summed E-state index contributed by atoms with van der Waals surface area (Å²) in [4.78, 5) is 19.8. The number of ether oxygens (including phenoxy) is 1. The number of nitrogens with zero attached hydrogens (tertiary/aromatic N) is 3. The molecule has 2 heterocycles. The molecule has 1 amide bonds. The Hall–Kier alpha value is -1.37. The van der Waals surface area contributed by atoms with Gasteiger partial charge in [-0.05, 0) is 49.7 Å². The molecule has 0 unspecified atom stereocenters. The molecule has 0 saturated carbocycles. The Balaban J connectivity index is 2.05. The molecule has 122 valence electrons. The lowest BCUT2D eigenvalue weighted by atomic mass is 10.2. The zero-order valence-corrected chi connectivity index (χ0v) is 14.9. The fourth-order valence-electron chi connectivity index (χ4n) is 2.38. The number of pyridine rings is 1. The molecule has 0 N–H and O–H groups in total. The first kappa shape index (κ1) is 17.0. The van der Waals surface area contributed by atoms with Gasteiger partial charge in [-0.2, -0.15) is 0 Å². The van der Waals surface area contributed by atoms with Crippen molar-refractivity contribution >= 4 is 27.8 Å². The Morgan fingerprint density at radius 2 is 2.14 bits per heavy atom. The minimum atomic E-state index is -0.521. The zero-order chi connectivity index (χ0) is 16.5. The first-order chi connectivity index (χ1) is 10.2. The number of anilines is 1. The highest BCUT2D eigenvalue weighted by atomic mass is 79.9. The van der Waals surface area contributed by atoms with Gasteiger partial charge in [0.15, 0.2) is 11.6 Å². The van der Waals surface area contributed by atoms with Gasteiger partial charge in [0.05, 0.1) is 0 Å². The van der Waals surface area contributed by atoms with E-state index in [1.54, 1.807) is 11.1 Å². The van der Waals surface area contributed by atoms with Crippen LogP contribution in [-0.4, -0.2) is 47.3 Å². The molecule has 7 heteroatoms. The number of halogens is 2. The number of rotatable bonds is 1. The average Bonchev–Trinajstić information content (AvgIpc) is 2.36. The summed E-state index contributed by atoms with van der Waals surface area (Å²) in [5.74, 6) is -0.0498. The number of amides is 1. The number of piperazine rings is 1. The van der Waals surface area contributed by atoms with Crippen LogP contribution in [0.15, 0.2) is 16.7 Å². The third-order valence-electron chi connectivity index (χ3n) is 3.34. The number of aromatic nitrogens is 1. The molecular weight excluding hydrogens is 353 g/mol. The van der Waals surface area contributed by atoms with Crippen molar-refractivity contribution in [2.24, 2.45) is 0 Å². The molecule has 1 aliphatic heterocycles. The monoisotopic (exact) mass is 373 g/mol. The van der Waals surface area contributed by atoms with Crippen LogP contribution < -0.4 is 4.90 Å². The van der Waals surface area contributed by atoms with Gasteiger partial charge in [-0.1, -0.05) is 0 Å². The highest BCUT2D eigenvalue weighted by molar-refractivity contribution is 9.10. The van der Waals surface area contributed by atoms with Gasteiger partial charge < -0.3 is 14.5 Å². The van der Waals surface area contributed by atoms with Crippen molar-refractivity contribution in [1.29, 1.82) is 0 Å². The second-order valence-corrected chi connectivity index (χ2v) is 7.34. The molecule has 1 atom stereocenters. The molecule has 1 aromatic heterocycles. The quantitative estimate of drug-likeness (QED) is 0.756.